The van der Waals surface area contributed by atoms with Crippen LogP contribution in [0.25, 0.3) is 0 Å². The lowest BCUT2D eigenvalue weighted by molar-refractivity contribution is -0.128. The Labute approximate surface area is 109 Å². The standard InChI is InChI=1S/C14H24N2O2/c15-12-5-10-7-13(8-11(10)6-12)16-14(17)9-1-3-18-4-2-9/h9-13H,1-8,15H2,(H,16,17). The molecule has 2 atom stereocenters. The van der Waals surface area contributed by atoms with Crippen molar-refractivity contribution in [3.05, 3.63) is 0 Å². The molecule has 2 saturated carbocycles. The molecule has 1 amide bonds. The van der Waals surface area contributed by atoms with Crippen molar-refractivity contribution >= 4 is 5.91 Å². The van der Waals surface area contributed by atoms with E-state index in [1.54, 1.807) is 0 Å². The fourth-order valence-corrected chi connectivity index (χ4v) is 4.06. The monoisotopic (exact) mass is 252 g/mol. The molecule has 1 heterocycles. The van der Waals surface area contributed by atoms with Gasteiger partial charge in [0.05, 0.1) is 0 Å². The number of hydrogen-bond donors (Lipinski definition) is 2. The Hall–Kier alpha value is -0.610. The lowest BCUT2D eigenvalue weighted by Crippen LogP contribution is -2.40. The van der Waals surface area contributed by atoms with Crippen LogP contribution in [0.4, 0.5) is 0 Å². The lowest BCUT2D eigenvalue weighted by atomic mass is 9.98. The summed E-state index contributed by atoms with van der Waals surface area (Å²) < 4.78 is 5.30. The van der Waals surface area contributed by atoms with Gasteiger partial charge in [0.1, 0.15) is 0 Å². The van der Waals surface area contributed by atoms with Crippen LogP contribution in [0.15, 0.2) is 0 Å². The summed E-state index contributed by atoms with van der Waals surface area (Å²) in [6, 6.07) is 0.815. The Morgan fingerprint density at radius 1 is 1.06 bits per heavy atom. The van der Waals surface area contributed by atoms with Gasteiger partial charge in [0.15, 0.2) is 0 Å². The first-order chi connectivity index (χ1) is 8.72. The number of hydrogen-bond acceptors (Lipinski definition) is 3. The summed E-state index contributed by atoms with van der Waals surface area (Å²) in [6.45, 7) is 1.48. The Bertz CT molecular complexity index is 301. The van der Waals surface area contributed by atoms with E-state index in [1.807, 2.05) is 0 Å². The fraction of sp³-hybridized carbons (Fsp3) is 0.929. The SMILES string of the molecule is NC1CC2CC(NC(=O)C3CCOCC3)CC2C1. The predicted molar refractivity (Wildman–Crippen MR) is 68.9 cm³/mol. The van der Waals surface area contributed by atoms with Gasteiger partial charge < -0.3 is 15.8 Å². The first kappa shape index (κ1) is 12.4. The molecule has 2 unspecified atom stereocenters. The fourth-order valence-electron chi connectivity index (χ4n) is 4.06. The first-order valence-electron chi connectivity index (χ1n) is 7.36. The van der Waals surface area contributed by atoms with Crippen molar-refractivity contribution in [1.82, 2.24) is 5.32 Å². The second-order valence-corrected chi connectivity index (χ2v) is 6.32. The average Bonchev–Trinajstić information content (AvgIpc) is 2.86. The molecule has 4 heteroatoms. The Kier molecular flexibility index (Phi) is 3.57. The molecule has 0 spiro atoms. The van der Waals surface area contributed by atoms with Crippen LogP contribution in [-0.2, 0) is 9.53 Å². The molecule has 3 rings (SSSR count). The highest BCUT2D eigenvalue weighted by Crippen LogP contribution is 2.43. The number of amides is 1. The van der Waals surface area contributed by atoms with Gasteiger partial charge in [0.25, 0.3) is 0 Å². The quantitative estimate of drug-likeness (QED) is 0.772. The first-order valence-corrected chi connectivity index (χ1v) is 7.36. The van der Waals surface area contributed by atoms with E-state index >= 15 is 0 Å². The largest absolute Gasteiger partial charge is 0.381 e. The van der Waals surface area contributed by atoms with E-state index < -0.39 is 0 Å². The van der Waals surface area contributed by atoms with E-state index in [0.717, 1.165) is 63.6 Å². The van der Waals surface area contributed by atoms with Crippen molar-refractivity contribution < 1.29 is 9.53 Å². The van der Waals surface area contributed by atoms with Gasteiger partial charge >= 0.3 is 0 Å². The van der Waals surface area contributed by atoms with Gasteiger partial charge in [-0.15, -0.1) is 0 Å². The van der Waals surface area contributed by atoms with Crippen LogP contribution >= 0.6 is 0 Å². The highest BCUT2D eigenvalue weighted by molar-refractivity contribution is 5.79. The van der Waals surface area contributed by atoms with Gasteiger partial charge in [-0.25, -0.2) is 0 Å². The third-order valence-electron chi connectivity index (χ3n) is 4.99. The van der Waals surface area contributed by atoms with E-state index in [2.05, 4.69) is 5.32 Å². The van der Waals surface area contributed by atoms with E-state index in [1.165, 1.54) is 0 Å². The summed E-state index contributed by atoms with van der Waals surface area (Å²) in [4.78, 5) is 12.1. The van der Waals surface area contributed by atoms with Crippen LogP contribution in [0.2, 0.25) is 0 Å². The molecule has 3 fully saturated rings. The van der Waals surface area contributed by atoms with Crippen LogP contribution in [0, 0.1) is 17.8 Å². The minimum absolute atomic E-state index is 0.182. The summed E-state index contributed by atoms with van der Waals surface area (Å²) in [5.41, 5.74) is 5.99. The second kappa shape index (κ2) is 5.17. The van der Waals surface area contributed by atoms with Crippen molar-refractivity contribution in [2.24, 2.45) is 23.5 Å². The van der Waals surface area contributed by atoms with Gasteiger partial charge in [-0.05, 0) is 50.4 Å². The number of carbonyl (C=O) groups excluding carboxylic acids is 1. The van der Waals surface area contributed by atoms with Crippen molar-refractivity contribution in [2.75, 3.05) is 13.2 Å². The normalized spacial score (nSPS) is 40.7. The van der Waals surface area contributed by atoms with Crippen LogP contribution in [0.1, 0.15) is 38.5 Å². The van der Waals surface area contributed by atoms with E-state index in [9.17, 15) is 4.79 Å². The molecule has 0 radical (unpaired) electrons. The minimum Gasteiger partial charge on any atom is -0.381 e. The second-order valence-electron chi connectivity index (χ2n) is 6.32. The predicted octanol–water partition coefficient (Wildman–Crippen LogP) is 1.05. The molecule has 1 saturated heterocycles. The molecule has 18 heavy (non-hydrogen) atoms. The van der Waals surface area contributed by atoms with E-state index in [0.29, 0.717) is 12.1 Å². The third kappa shape index (κ3) is 2.54. The summed E-state index contributed by atoms with van der Waals surface area (Å²) in [5.74, 6) is 1.97. The summed E-state index contributed by atoms with van der Waals surface area (Å²) in [5, 5.41) is 3.26. The molecule has 4 nitrogen and oxygen atoms in total. The van der Waals surface area contributed by atoms with Crippen LogP contribution in [0.5, 0.6) is 0 Å². The number of ether oxygens (including phenoxy) is 1. The van der Waals surface area contributed by atoms with Crippen molar-refractivity contribution in [1.29, 1.82) is 0 Å². The lowest BCUT2D eigenvalue weighted by Gasteiger charge is -2.23. The minimum atomic E-state index is 0.182. The molecule has 102 valence electrons. The molecule has 0 aromatic carbocycles. The molecule has 0 aromatic rings. The average molecular weight is 252 g/mol. The zero-order valence-electron chi connectivity index (χ0n) is 10.9. The van der Waals surface area contributed by atoms with Gasteiger partial charge in [-0.1, -0.05) is 0 Å². The van der Waals surface area contributed by atoms with Gasteiger partial charge in [-0.3, -0.25) is 4.79 Å². The Morgan fingerprint density at radius 2 is 1.67 bits per heavy atom. The number of carbonyl (C=O) groups is 1. The molecule has 1 aliphatic heterocycles. The number of fused-ring (bicyclic) bond motifs is 1. The van der Waals surface area contributed by atoms with Gasteiger partial charge in [0, 0.05) is 31.2 Å². The molecule has 3 aliphatic rings. The molecular weight excluding hydrogens is 228 g/mol. The van der Waals surface area contributed by atoms with Crippen molar-refractivity contribution in [2.45, 2.75) is 50.6 Å². The van der Waals surface area contributed by atoms with E-state index in [-0.39, 0.29) is 11.8 Å². The molecular formula is C14H24N2O2. The van der Waals surface area contributed by atoms with Crippen molar-refractivity contribution in [3.8, 4) is 0 Å². The maximum atomic E-state index is 12.1. The van der Waals surface area contributed by atoms with E-state index in [4.69, 9.17) is 10.5 Å². The number of nitrogens with two attached hydrogens (primary N) is 1. The molecule has 3 N–H and O–H groups in total. The van der Waals surface area contributed by atoms with Gasteiger partial charge in [-0.2, -0.15) is 0 Å². The maximum Gasteiger partial charge on any atom is 0.223 e. The molecule has 0 aromatic heterocycles. The Balaban J connectivity index is 1.48. The zero-order chi connectivity index (χ0) is 12.5. The summed E-state index contributed by atoms with van der Waals surface area (Å²) in [6.07, 6.45) is 6.38. The van der Waals surface area contributed by atoms with Crippen LogP contribution in [0.3, 0.4) is 0 Å². The highest BCUT2D eigenvalue weighted by Gasteiger charge is 2.41. The summed E-state index contributed by atoms with van der Waals surface area (Å²) >= 11 is 0. The summed E-state index contributed by atoms with van der Waals surface area (Å²) in [7, 11) is 0. The van der Waals surface area contributed by atoms with Crippen LogP contribution in [-0.4, -0.2) is 31.2 Å². The molecule has 0 bridgehead atoms. The third-order valence-corrected chi connectivity index (χ3v) is 4.99. The van der Waals surface area contributed by atoms with Gasteiger partial charge in [0.2, 0.25) is 5.91 Å². The smallest absolute Gasteiger partial charge is 0.223 e. The van der Waals surface area contributed by atoms with Crippen molar-refractivity contribution in [3.63, 3.8) is 0 Å². The maximum absolute atomic E-state index is 12.1. The number of nitrogens with one attached hydrogen (secondary N) is 1. The highest BCUT2D eigenvalue weighted by atomic mass is 16.5. The number of rotatable bonds is 2. The topological polar surface area (TPSA) is 64.3 Å². The van der Waals surface area contributed by atoms with Crippen LogP contribution < -0.4 is 11.1 Å². The Morgan fingerprint density at radius 3 is 2.28 bits per heavy atom. The zero-order valence-corrected chi connectivity index (χ0v) is 10.9. The molecule has 2 aliphatic carbocycles.